The highest BCUT2D eigenvalue weighted by Crippen LogP contribution is 2.20. The van der Waals surface area contributed by atoms with Crippen molar-refractivity contribution in [2.24, 2.45) is 0 Å². The second-order valence-corrected chi connectivity index (χ2v) is 7.92. The fourth-order valence-corrected chi connectivity index (χ4v) is 4.07. The van der Waals surface area contributed by atoms with Gasteiger partial charge in [0.15, 0.2) is 0 Å². The van der Waals surface area contributed by atoms with Crippen molar-refractivity contribution in [3.8, 4) is 0 Å². The lowest BCUT2D eigenvalue weighted by Crippen LogP contribution is -2.50. The molecule has 2 aliphatic heterocycles. The average molecular weight is 359 g/mol. The Morgan fingerprint density at radius 2 is 1.96 bits per heavy atom. The molecular formula is C21H34N4O. The molecule has 1 N–H and O–H groups in total. The number of piperidine rings is 1. The quantitative estimate of drug-likeness (QED) is 0.880. The van der Waals surface area contributed by atoms with E-state index in [9.17, 15) is 4.79 Å². The minimum absolute atomic E-state index is 0.106. The van der Waals surface area contributed by atoms with Crippen LogP contribution >= 0.6 is 0 Å². The van der Waals surface area contributed by atoms with E-state index in [2.05, 4.69) is 58.3 Å². The number of urea groups is 1. The standard InChI is InChI=1S/C21H34N4O/c1-18-6-5-7-19(16-18)17-22-21(26)25-10-4-3-8-20(25)9-11-24-14-12-23(2)13-15-24/h5-7,16,20H,3-4,8-15,17H2,1-2H3,(H,22,26)/t20-/m0/s1. The van der Waals surface area contributed by atoms with E-state index >= 15 is 0 Å². The van der Waals surface area contributed by atoms with Gasteiger partial charge in [0, 0.05) is 51.9 Å². The molecule has 0 bridgehead atoms. The first-order chi connectivity index (χ1) is 12.6. The number of nitrogens with zero attached hydrogens (tertiary/aromatic N) is 3. The van der Waals surface area contributed by atoms with E-state index < -0.39 is 0 Å². The van der Waals surface area contributed by atoms with Crippen molar-refractivity contribution >= 4 is 6.03 Å². The third kappa shape index (κ3) is 5.45. The number of hydrogen-bond donors (Lipinski definition) is 1. The highest BCUT2D eigenvalue weighted by atomic mass is 16.2. The molecule has 0 aromatic heterocycles. The van der Waals surface area contributed by atoms with Gasteiger partial charge in [-0.3, -0.25) is 0 Å². The Kier molecular flexibility index (Phi) is 6.92. The Balaban J connectivity index is 1.48. The minimum atomic E-state index is 0.106. The molecule has 2 aliphatic rings. The summed E-state index contributed by atoms with van der Waals surface area (Å²) < 4.78 is 0. The maximum atomic E-state index is 12.8. The van der Waals surface area contributed by atoms with Gasteiger partial charge >= 0.3 is 6.03 Å². The summed E-state index contributed by atoms with van der Waals surface area (Å²) in [5.74, 6) is 0. The van der Waals surface area contributed by atoms with Gasteiger partial charge in [0.2, 0.25) is 0 Å². The first kappa shape index (κ1) is 19.2. The summed E-state index contributed by atoms with van der Waals surface area (Å²) in [7, 11) is 2.19. The predicted octanol–water partition coefficient (Wildman–Crippen LogP) is 2.70. The maximum absolute atomic E-state index is 12.8. The Labute approximate surface area is 158 Å². The first-order valence-electron chi connectivity index (χ1n) is 10.1. The molecule has 0 aliphatic carbocycles. The van der Waals surface area contributed by atoms with Crippen molar-refractivity contribution < 1.29 is 4.79 Å². The van der Waals surface area contributed by atoms with Crippen molar-refractivity contribution in [1.82, 2.24) is 20.0 Å². The van der Waals surface area contributed by atoms with Crippen molar-refractivity contribution in [2.75, 3.05) is 46.3 Å². The molecule has 0 unspecified atom stereocenters. The fraction of sp³-hybridized carbons (Fsp3) is 0.667. The number of carbonyl (C=O) groups excluding carboxylic acids is 1. The smallest absolute Gasteiger partial charge is 0.317 e. The van der Waals surface area contributed by atoms with Crippen LogP contribution in [-0.4, -0.2) is 73.1 Å². The Bertz CT molecular complexity index is 583. The van der Waals surface area contributed by atoms with Gasteiger partial charge in [-0.05, 0) is 45.2 Å². The summed E-state index contributed by atoms with van der Waals surface area (Å²) in [5.41, 5.74) is 2.41. The molecule has 2 saturated heterocycles. The molecule has 1 atom stereocenters. The van der Waals surface area contributed by atoms with Gasteiger partial charge in [0.05, 0.1) is 0 Å². The Morgan fingerprint density at radius 3 is 2.73 bits per heavy atom. The number of piperazine rings is 1. The van der Waals surface area contributed by atoms with Gasteiger partial charge in [-0.1, -0.05) is 29.8 Å². The summed E-state index contributed by atoms with van der Waals surface area (Å²) in [6.07, 6.45) is 4.62. The molecule has 2 heterocycles. The number of nitrogens with one attached hydrogen (secondary N) is 1. The van der Waals surface area contributed by atoms with Crippen LogP contribution in [-0.2, 0) is 6.54 Å². The monoisotopic (exact) mass is 358 g/mol. The number of benzene rings is 1. The topological polar surface area (TPSA) is 38.8 Å². The van der Waals surface area contributed by atoms with Crippen LogP contribution in [0, 0.1) is 6.92 Å². The van der Waals surface area contributed by atoms with Crippen molar-refractivity contribution in [3.05, 3.63) is 35.4 Å². The largest absolute Gasteiger partial charge is 0.334 e. The predicted molar refractivity (Wildman–Crippen MR) is 106 cm³/mol. The number of amides is 2. The Morgan fingerprint density at radius 1 is 1.15 bits per heavy atom. The number of hydrogen-bond acceptors (Lipinski definition) is 3. The lowest BCUT2D eigenvalue weighted by atomic mass is 9.99. The lowest BCUT2D eigenvalue weighted by molar-refractivity contribution is 0.117. The third-order valence-electron chi connectivity index (χ3n) is 5.79. The molecule has 1 aromatic carbocycles. The van der Waals surface area contributed by atoms with Crippen LogP contribution in [0.4, 0.5) is 4.79 Å². The van der Waals surface area contributed by atoms with Crippen LogP contribution < -0.4 is 5.32 Å². The molecule has 5 heteroatoms. The van der Waals surface area contributed by atoms with Crippen molar-refractivity contribution in [2.45, 2.75) is 45.2 Å². The molecule has 1 aromatic rings. The third-order valence-corrected chi connectivity index (χ3v) is 5.79. The van der Waals surface area contributed by atoms with Crippen LogP contribution in [0.5, 0.6) is 0 Å². The van der Waals surface area contributed by atoms with E-state index in [0.717, 1.165) is 58.5 Å². The van der Waals surface area contributed by atoms with Gasteiger partial charge in [-0.25, -0.2) is 4.79 Å². The van der Waals surface area contributed by atoms with E-state index in [4.69, 9.17) is 0 Å². The minimum Gasteiger partial charge on any atom is -0.334 e. The van der Waals surface area contributed by atoms with Crippen molar-refractivity contribution in [3.63, 3.8) is 0 Å². The van der Waals surface area contributed by atoms with E-state index in [0.29, 0.717) is 12.6 Å². The van der Waals surface area contributed by atoms with Gasteiger partial charge in [-0.15, -0.1) is 0 Å². The number of aryl methyl sites for hydroxylation is 1. The zero-order valence-corrected chi connectivity index (χ0v) is 16.4. The molecule has 0 radical (unpaired) electrons. The molecule has 3 rings (SSSR count). The van der Waals surface area contributed by atoms with Crippen LogP contribution in [0.1, 0.15) is 36.8 Å². The highest BCUT2D eigenvalue weighted by Gasteiger charge is 2.27. The molecule has 5 nitrogen and oxygen atoms in total. The second-order valence-electron chi connectivity index (χ2n) is 7.92. The lowest BCUT2D eigenvalue weighted by Gasteiger charge is -2.38. The summed E-state index contributed by atoms with van der Waals surface area (Å²) in [6.45, 7) is 9.34. The summed E-state index contributed by atoms with van der Waals surface area (Å²) in [4.78, 5) is 19.8. The maximum Gasteiger partial charge on any atom is 0.317 e. The normalized spacial score (nSPS) is 22.4. The van der Waals surface area contributed by atoms with Gasteiger partial charge in [0.1, 0.15) is 0 Å². The van der Waals surface area contributed by atoms with Crippen LogP contribution in [0.3, 0.4) is 0 Å². The van der Waals surface area contributed by atoms with Gasteiger partial charge < -0.3 is 20.0 Å². The number of carbonyl (C=O) groups is 1. The van der Waals surface area contributed by atoms with Crippen LogP contribution in [0.15, 0.2) is 24.3 Å². The zero-order chi connectivity index (χ0) is 18.4. The average Bonchev–Trinajstić information content (AvgIpc) is 2.66. The van der Waals surface area contributed by atoms with E-state index in [-0.39, 0.29) is 6.03 Å². The second kappa shape index (κ2) is 9.38. The van der Waals surface area contributed by atoms with Gasteiger partial charge in [-0.2, -0.15) is 0 Å². The zero-order valence-electron chi connectivity index (χ0n) is 16.4. The first-order valence-corrected chi connectivity index (χ1v) is 10.1. The number of likely N-dealkylation sites (N-methyl/N-ethyl adjacent to an activating group) is 1. The molecule has 144 valence electrons. The molecular weight excluding hydrogens is 324 g/mol. The fourth-order valence-electron chi connectivity index (χ4n) is 4.07. The SMILES string of the molecule is Cc1cccc(CNC(=O)N2CCCC[C@H]2CCN2CCN(C)CC2)c1. The molecule has 2 amide bonds. The number of likely N-dealkylation sites (tertiary alicyclic amines) is 1. The molecule has 26 heavy (non-hydrogen) atoms. The number of rotatable bonds is 5. The van der Waals surface area contributed by atoms with E-state index in [1.807, 2.05) is 0 Å². The summed E-state index contributed by atoms with van der Waals surface area (Å²) >= 11 is 0. The van der Waals surface area contributed by atoms with E-state index in [1.54, 1.807) is 0 Å². The van der Waals surface area contributed by atoms with Crippen LogP contribution in [0.2, 0.25) is 0 Å². The molecule has 2 fully saturated rings. The molecule has 0 spiro atoms. The van der Waals surface area contributed by atoms with E-state index in [1.165, 1.54) is 17.5 Å². The summed E-state index contributed by atoms with van der Waals surface area (Å²) in [5, 5.41) is 3.14. The van der Waals surface area contributed by atoms with Crippen LogP contribution in [0.25, 0.3) is 0 Å². The Hall–Kier alpha value is -1.59. The summed E-state index contributed by atoms with van der Waals surface area (Å²) in [6, 6.07) is 8.85. The molecule has 0 saturated carbocycles. The highest BCUT2D eigenvalue weighted by molar-refractivity contribution is 5.74. The van der Waals surface area contributed by atoms with Gasteiger partial charge in [0.25, 0.3) is 0 Å². The van der Waals surface area contributed by atoms with Crippen molar-refractivity contribution in [1.29, 1.82) is 0 Å².